The molecule has 18 heavy (non-hydrogen) atoms. The van der Waals surface area contributed by atoms with E-state index in [9.17, 15) is 17.5 Å². The van der Waals surface area contributed by atoms with Crippen molar-refractivity contribution in [2.45, 2.75) is 18.7 Å². The SMILES string of the molecule is [B]C1CC(CO)C(COP(=O)(F)CP(=O)(O)F)C1. The molecule has 0 amide bonds. The van der Waals surface area contributed by atoms with Gasteiger partial charge in [-0.2, -0.15) is 8.39 Å². The van der Waals surface area contributed by atoms with Crippen molar-refractivity contribution >= 4 is 23.2 Å². The third-order valence-corrected chi connectivity index (χ3v) is 6.22. The summed E-state index contributed by atoms with van der Waals surface area (Å²) in [5.41, 5.74) is 0. The number of aliphatic hydroxyl groups is 1. The molecular formula is C8H15BF2O5P2. The average Bonchev–Trinajstić information content (AvgIpc) is 2.52. The van der Waals surface area contributed by atoms with Crippen molar-refractivity contribution in [3.8, 4) is 0 Å². The van der Waals surface area contributed by atoms with Gasteiger partial charge in [0.05, 0.1) is 14.5 Å². The molecule has 0 aromatic carbocycles. The van der Waals surface area contributed by atoms with E-state index in [1.54, 1.807) is 0 Å². The van der Waals surface area contributed by atoms with Gasteiger partial charge >= 0.3 is 15.4 Å². The first kappa shape index (κ1) is 16.3. The molecule has 5 atom stereocenters. The molecule has 0 heterocycles. The molecule has 0 bridgehead atoms. The molecule has 104 valence electrons. The van der Waals surface area contributed by atoms with Gasteiger partial charge in [0.15, 0.2) is 5.90 Å². The maximum absolute atomic E-state index is 13.2. The summed E-state index contributed by atoms with van der Waals surface area (Å²) in [6.45, 7) is -0.466. The van der Waals surface area contributed by atoms with E-state index in [1.807, 2.05) is 0 Å². The Labute approximate surface area is 105 Å². The lowest BCUT2D eigenvalue weighted by Gasteiger charge is -2.18. The second-order valence-electron chi connectivity index (χ2n) is 4.58. The second kappa shape index (κ2) is 6.14. The van der Waals surface area contributed by atoms with Crippen LogP contribution in [0, 0.1) is 11.8 Å². The fourth-order valence-corrected chi connectivity index (χ4v) is 4.55. The highest BCUT2D eigenvalue weighted by Gasteiger charge is 2.37. The van der Waals surface area contributed by atoms with Gasteiger partial charge < -0.3 is 14.5 Å². The molecule has 0 aliphatic heterocycles. The van der Waals surface area contributed by atoms with Crippen molar-refractivity contribution in [3.63, 3.8) is 0 Å². The molecule has 5 unspecified atom stereocenters. The largest absolute Gasteiger partial charge is 0.396 e. The Hall–Kier alpha value is 0.265. The van der Waals surface area contributed by atoms with Crippen molar-refractivity contribution in [1.29, 1.82) is 0 Å². The Morgan fingerprint density at radius 1 is 1.28 bits per heavy atom. The summed E-state index contributed by atoms with van der Waals surface area (Å²) in [5, 5.41) is 9.05. The summed E-state index contributed by atoms with van der Waals surface area (Å²) in [6, 6.07) is 0. The van der Waals surface area contributed by atoms with Gasteiger partial charge in [0.2, 0.25) is 0 Å². The minimum Gasteiger partial charge on any atom is -0.396 e. The number of aliphatic hydroxyl groups excluding tert-OH is 1. The van der Waals surface area contributed by atoms with E-state index in [0.717, 1.165) is 0 Å². The van der Waals surface area contributed by atoms with Crippen LogP contribution in [0.4, 0.5) is 8.39 Å². The van der Waals surface area contributed by atoms with Crippen LogP contribution >= 0.6 is 15.4 Å². The van der Waals surface area contributed by atoms with Crippen molar-refractivity contribution in [3.05, 3.63) is 0 Å². The van der Waals surface area contributed by atoms with Crippen LogP contribution < -0.4 is 0 Å². The highest BCUT2D eigenvalue weighted by atomic mass is 31.3. The second-order valence-corrected chi connectivity index (χ2v) is 8.38. The molecule has 1 aliphatic carbocycles. The molecule has 1 aliphatic rings. The Balaban J connectivity index is 2.49. The van der Waals surface area contributed by atoms with Crippen molar-refractivity contribution < 1.29 is 32.0 Å². The summed E-state index contributed by atoms with van der Waals surface area (Å²) in [4.78, 5) is 8.32. The Bertz CT molecular complexity index is 376. The van der Waals surface area contributed by atoms with Crippen LogP contribution in [0.2, 0.25) is 5.82 Å². The van der Waals surface area contributed by atoms with Crippen molar-refractivity contribution in [2.24, 2.45) is 11.8 Å². The zero-order valence-corrected chi connectivity index (χ0v) is 11.4. The molecule has 2 radical (unpaired) electrons. The third kappa shape index (κ3) is 5.49. The van der Waals surface area contributed by atoms with Gasteiger partial charge in [-0.3, -0.25) is 9.13 Å². The van der Waals surface area contributed by atoms with Gasteiger partial charge in [0, 0.05) is 6.61 Å². The zero-order valence-electron chi connectivity index (χ0n) is 9.61. The zero-order chi connectivity index (χ0) is 14.0. The average molecular weight is 302 g/mol. The minimum absolute atomic E-state index is 0.153. The van der Waals surface area contributed by atoms with Crippen LogP contribution in [-0.4, -0.2) is 37.0 Å². The standard InChI is InChI=1S/C8H15BF2O5P2/c9-8-1-6(3-12)7(2-8)4-16-18(11,15)5-17(10,13)14/h6-8,12H,1-5H2,(H,13,14). The number of hydrogen-bond donors (Lipinski definition) is 2. The van der Waals surface area contributed by atoms with Crippen LogP contribution in [0.25, 0.3) is 0 Å². The first-order valence-electron chi connectivity index (χ1n) is 5.44. The van der Waals surface area contributed by atoms with Crippen LogP contribution in [0.3, 0.4) is 0 Å². The molecule has 1 rings (SSSR count). The van der Waals surface area contributed by atoms with Crippen LogP contribution in [0.1, 0.15) is 12.8 Å². The summed E-state index contributed by atoms with van der Waals surface area (Å²) in [6.07, 6.45) is 1.01. The molecule has 5 nitrogen and oxygen atoms in total. The lowest BCUT2D eigenvalue weighted by atomic mass is 9.85. The van der Waals surface area contributed by atoms with E-state index in [-0.39, 0.29) is 30.9 Å². The van der Waals surface area contributed by atoms with E-state index < -0.39 is 21.3 Å². The van der Waals surface area contributed by atoms with Gasteiger partial charge in [-0.25, -0.2) is 0 Å². The van der Waals surface area contributed by atoms with Gasteiger partial charge in [0.1, 0.15) is 0 Å². The fourth-order valence-electron chi connectivity index (χ4n) is 2.14. The van der Waals surface area contributed by atoms with Crippen LogP contribution in [0.15, 0.2) is 0 Å². The van der Waals surface area contributed by atoms with Gasteiger partial charge in [-0.1, -0.05) is 18.7 Å². The van der Waals surface area contributed by atoms with Crippen LogP contribution in [-0.2, 0) is 13.7 Å². The smallest absolute Gasteiger partial charge is 0.379 e. The van der Waals surface area contributed by atoms with Crippen molar-refractivity contribution in [2.75, 3.05) is 19.1 Å². The molecule has 0 aromatic rings. The third-order valence-electron chi connectivity index (χ3n) is 2.94. The molecule has 10 heteroatoms. The normalized spacial score (nSPS) is 35.0. The van der Waals surface area contributed by atoms with Gasteiger partial charge in [-0.15, -0.1) is 0 Å². The van der Waals surface area contributed by atoms with E-state index in [0.29, 0.717) is 12.8 Å². The molecule has 0 aromatic heterocycles. The molecule has 2 N–H and O–H groups in total. The van der Waals surface area contributed by atoms with E-state index >= 15 is 0 Å². The first-order chi connectivity index (χ1) is 8.13. The lowest BCUT2D eigenvalue weighted by Crippen LogP contribution is -2.17. The summed E-state index contributed by atoms with van der Waals surface area (Å²) in [7, 11) is -4.50. The maximum Gasteiger partial charge on any atom is 0.379 e. The Kier molecular flexibility index (Phi) is 5.57. The first-order valence-corrected chi connectivity index (χ1v) is 8.88. The monoisotopic (exact) mass is 302 g/mol. The maximum atomic E-state index is 13.2. The number of hydrogen-bond acceptors (Lipinski definition) is 4. The molecule has 0 saturated heterocycles. The van der Waals surface area contributed by atoms with E-state index in [2.05, 4.69) is 4.52 Å². The van der Waals surface area contributed by atoms with Crippen molar-refractivity contribution in [1.82, 2.24) is 0 Å². The lowest BCUT2D eigenvalue weighted by molar-refractivity contribution is 0.148. The highest BCUT2D eigenvalue weighted by molar-refractivity contribution is 7.70. The van der Waals surface area contributed by atoms with Gasteiger partial charge in [-0.05, 0) is 11.8 Å². The quantitative estimate of drug-likeness (QED) is 0.581. The molecule has 1 fully saturated rings. The topological polar surface area (TPSA) is 83.8 Å². The predicted octanol–water partition coefficient (Wildman–Crippen LogP) is 2.25. The fraction of sp³-hybridized carbons (Fsp3) is 1.00. The number of rotatable bonds is 6. The Morgan fingerprint density at radius 2 is 1.83 bits per heavy atom. The minimum atomic E-state index is -5.22. The highest BCUT2D eigenvalue weighted by Crippen LogP contribution is 2.62. The van der Waals surface area contributed by atoms with Crippen LogP contribution in [0.5, 0.6) is 0 Å². The van der Waals surface area contributed by atoms with Gasteiger partial charge in [0.25, 0.3) is 0 Å². The molecule has 0 spiro atoms. The summed E-state index contributed by atoms with van der Waals surface area (Å²) < 4.78 is 51.4. The molecule has 1 saturated carbocycles. The number of halogens is 2. The van der Waals surface area contributed by atoms with E-state index in [4.69, 9.17) is 17.8 Å². The van der Waals surface area contributed by atoms with E-state index in [1.165, 1.54) is 0 Å². The predicted molar refractivity (Wildman–Crippen MR) is 63.3 cm³/mol. The summed E-state index contributed by atoms with van der Waals surface area (Å²) in [5.74, 6) is -2.26. The Morgan fingerprint density at radius 3 is 2.33 bits per heavy atom. The molecular weight excluding hydrogens is 287 g/mol. The summed E-state index contributed by atoms with van der Waals surface area (Å²) >= 11 is 0.